The highest BCUT2D eigenvalue weighted by atomic mass is 32.1. The highest BCUT2D eigenvalue weighted by Gasteiger charge is 2.29. The first-order valence-electron chi connectivity index (χ1n) is 6.72. The fourth-order valence-corrected chi connectivity index (χ4v) is 1.71. The number of aliphatic carboxylic acids is 3. The van der Waals surface area contributed by atoms with Gasteiger partial charge in [-0.25, -0.2) is 4.79 Å². The molecular weight excluding hydrogens is 346 g/mol. The van der Waals surface area contributed by atoms with Gasteiger partial charge < -0.3 is 31.7 Å². The van der Waals surface area contributed by atoms with E-state index in [9.17, 15) is 24.0 Å². The first-order chi connectivity index (χ1) is 11.1. The van der Waals surface area contributed by atoms with E-state index in [1.807, 2.05) is 5.32 Å². The Morgan fingerprint density at radius 1 is 0.917 bits per heavy atom. The van der Waals surface area contributed by atoms with Gasteiger partial charge in [-0.1, -0.05) is 0 Å². The van der Waals surface area contributed by atoms with Gasteiger partial charge in [0.05, 0.1) is 12.5 Å². The quantitative estimate of drug-likeness (QED) is 0.196. The zero-order chi connectivity index (χ0) is 18.9. The van der Waals surface area contributed by atoms with Crippen LogP contribution in [0.15, 0.2) is 0 Å². The molecule has 0 radical (unpaired) electrons. The van der Waals surface area contributed by atoms with Crippen molar-refractivity contribution < 1.29 is 39.3 Å². The number of hydrogen-bond acceptors (Lipinski definition) is 7. The number of hydrogen-bond donors (Lipinski definition) is 7. The number of carboxylic acids is 3. The Morgan fingerprint density at radius 3 is 1.88 bits per heavy atom. The molecule has 0 aliphatic heterocycles. The van der Waals surface area contributed by atoms with Crippen LogP contribution in [-0.2, 0) is 24.0 Å². The minimum absolute atomic E-state index is 0.0319. The van der Waals surface area contributed by atoms with E-state index in [2.05, 4.69) is 17.9 Å². The average Bonchev–Trinajstić information content (AvgIpc) is 2.48. The lowest BCUT2D eigenvalue weighted by atomic mass is 10.1. The highest BCUT2D eigenvalue weighted by molar-refractivity contribution is 7.80. The van der Waals surface area contributed by atoms with E-state index in [0.717, 1.165) is 0 Å². The normalized spacial score (nSPS) is 14.1. The fourth-order valence-electron chi connectivity index (χ4n) is 1.55. The predicted molar refractivity (Wildman–Crippen MR) is 82.4 cm³/mol. The third kappa shape index (κ3) is 8.33. The van der Waals surface area contributed by atoms with Gasteiger partial charge in [-0.2, -0.15) is 12.6 Å². The van der Waals surface area contributed by atoms with Crippen LogP contribution in [0.3, 0.4) is 0 Å². The van der Waals surface area contributed by atoms with Crippen molar-refractivity contribution in [3.8, 4) is 0 Å². The number of amides is 2. The van der Waals surface area contributed by atoms with Gasteiger partial charge in [0.25, 0.3) is 0 Å². The molecule has 0 heterocycles. The molecule has 0 aliphatic carbocycles. The van der Waals surface area contributed by atoms with Gasteiger partial charge in [-0.15, -0.1) is 0 Å². The molecule has 11 nitrogen and oxygen atoms in total. The lowest BCUT2D eigenvalue weighted by Crippen LogP contribution is -2.55. The monoisotopic (exact) mass is 365 g/mol. The summed E-state index contributed by atoms with van der Waals surface area (Å²) in [4.78, 5) is 55.9. The van der Waals surface area contributed by atoms with Crippen molar-refractivity contribution in [3.63, 3.8) is 0 Å². The minimum Gasteiger partial charge on any atom is -0.481 e. The smallest absolute Gasteiger partial charge is 0.326 e. The van der Waals surface area contributed by atoms with Crippen LogP contribution in [0, 0.1) is 0 Å². The van der Waals surface area contributed by atoms with E-state index < -0.39 is 60.7 Å². The molecule has 2 amide bonds. The summed E-state index contributed by atoms with van der Waals surface area (Å²) in [5, 5.41) is 30.3. The van der Waals surface area contributed by atoms with Crippen molar-refractivity contribution in [3.05, 3.63) is 0 Å². The zero-order valence-electron chi connectivity index (χ0n) is 12.5. The standard InChI is InChI=1S/C12H19N3O8S/c13-5(4-24)10(20)14-6(1-2-8(16)17)11(21)15-7(12(22)23)3-9(18)19/h5-7,24H,1-4,13H2,(H,14,20)(H,15,21)(H,16,17)(H,18,19)(H,22,23)/t5-,6-,7-/m0/s1. The maximum atomic E-state index is 12.1. The first-order valence-corrected chi connectivity index (χ1v) is 7.35. The van der Waals surface area contributed by atoms with Crippen LogP contribution in [0.25, 0.3) is 0 Å². The lowest BCUT2D eigenvalue weighted by Gasteiger charge is -2.21. The molecule has 0 spiro atoms. The van der Waals surface area contributed by atoms with Crippen LogP contribution in [0.1, 0.15) is 19.3 Å². The van der Waals surface area contributed by atoms with E-state index in [-0.39, 0.29) is 12.2 Å². The third-order valence-electron chi connectivity index (χ3n) is 2.81. The zero-order valence-corrected chi connectivity index (χ0v) is 13.4. The summed E-state index contributed by atoms with van der Waals surface area (Å²) in [6.45, 7) is 0. The fraction of sp³-hybridized carbons (Fsp3) is 0.583. The number of nitrogens with one attached hydrogen (secondary N) is 2. The molecule has 0 aromatic rings. The van der Waals surface area contributed by atoms with E-state index in [1.54, 1.807) is 0 Å². The van der Waals surface area contributed by atoms with Crippen molar-refractivity contribution in [2.24, 2.45) is 5.73 Å². The highest BCUT2D eigenvalue weighted by Crippen LogP contribution is 2.02. The predicted octanol–water partition coefficient (Wildman–Crippen LogP) is -2.36. The Kier molecular flexibility index (Phi) is 9.42. The second-order valence-electron chi connectivity index (χ2n) is 4.78. The van der Waals surface area contributed by atoms with Crippen LogP contribution in [0.4, 0.5) is 0 Å². The van der Waals surface area contributed by atoms with E-state index >= 15 is 0 Å². The van der Waals surface area contributed by atoms with E-state index in [1.165, 1.54) is 0 Å². The maximum Gasteiger partial charge on any atom is 0.326 e. The van der Waals surface area contributed by atoms with Crippen LogP contribution in [0.2, 0.25) is 0 Å². The number of thiol groups is 1. The molecule has 7 N–H and O–H groups in total. The van der Waals surface area contributed by atoms with Gasteiger partial charge in [0.1, 0.15) is 12.1 Å². The molecule has 0 unspecified atom stereocenters. The van der Waals surface area contributed by atoms with Crippen molar-refractivity contribution in [2.75, 3.05) is 5.75 Å². The molecule has 0 saturated heterocycles. The molecule has 0 aromatic carbocycles. The van der Waals surface area contributed by atoms with Crippen molar-refractivity contribution in [1.29, 1.82) is 0 Å². The van der Waals surface area contributed by atoms with Crippen molar-refractivity contribution in [2.45, 2.75) is 37.4 Å². The maximum absolute atomic E-state index is 12.1. The van der Waals surface area contributed by atoms with Gasteiger partial charge in [0, 0.05) is 12.2 Å². The van der Waals surface area contributed by atoms with Crippen molar-refractivity contribution in [1.82, 2.24) is 10.6 Å². The Bertz CT molecular complexity index is 513. The first kappa shape index (κ1) is 21.7. The number of rotatable bonds is 11. The van der Waals surface area contributed by atoms with Crippen LogP contribution in [-0.4, -0.2) is 68.9 Å². The van der Waals surface area contributed by atoms with Gasteiger partial charge in [0.15, 0.2) is 0 Å². The largest absolute Gasteiger partial charge is 0.481 e. The number of carbonyl (C=O) groups is 5. The summed E-state index contributed by atoms with van der Waals surface area (Å²) in [5.74, 6) is -6.10. The second kappa shape index (κ2) is 10.4. The summed E-state index contributed by atoms with van der Waals surface area (Å²) in [5.41, 5.74) is 5.43. The summed E-state index contributed by atoms with van der Waals surface area (Å²) in [7, 11) is 0. The van der Waals surface area contributed by atoms with Crippen molar-refractivity contribution >= 4 is 42.4 Å². The number of nitrogens with two attached hydrogens (primary N) is 1. The molecule has 0 aromatic heterocycles. The Balaban J connectivity index is 5.05. The van der Waals surface area contributed by atoms with Gasteiger partial charge in [-0.05, 0) is 6.42 Å². The van der Waals surface area contributed by atoms with Gasteiger partial charge in [-0.3, -0.25) is 19.2 Å². The van der Waals surface area contributed by atoms with Gasteiger partial charge >= 0.3 is 17.9 Å². The molecular formula is C12H19N3O8S. The summed E-state index contributed by atoms with van der Waals surface area (Å²) in [6.07, 6.45) is -1.69. The molecule has 0 fully saturated rings. The molecule has 0 rings (SSSR count). The Morgan fingerprint density at radius 2 is 1.46 bits per heavy atom. The Hall–Kier alpha value is -2.34. The second-order valence-corrected chi connectivity index (χ2v) is 5.15. The number of carboxylic acid groups (broad SMARTS) is 3. The lowest BCUT2D eigenvalue weighted by molar-refractivity contribution is -0.147. The summed E-state index contributed by atoms with van der Waals surface area (Å²) >= 11 is 3.81. The van der Waals surface area contributed by atoms with E-state index in [4.69, 9.17) is 21.1 Å². The SMILES string of the molecule is N[C@@H](CS)C(=O)N[C@@H](CCC(=O)O)C(=O)N[C@@H](CC(=O)O)C(=O)O. The summed E-state index contributed by atoms with van der Waals surface area (Å²) < 4.78 is 0. The molecule has 0 saturated carbocycles. The molecule has 12 heteroatoms. The van der Waals surface area contributed by atoms with Crippen LogP contribution >= 0.6 is 12.6 Å². The minimum atomic E-state index is -1.72. The van der Waals surface area contributed by atoms with E-state index in [0.29, 0.717) is 0 Å². The topological polar surface area (TPSA) is 196 Å². The molecule has 3 atom stereocenters. The molecule has 0 aliphatic rings. The average molecular weight is 365 g/mol. The summed E-state index contributed by atoms with van der Waals surface area (Å²) in [6, 6.07) is -4.16. The molecule has 136 valence electrons. The number of carbonyl (C=O) groups excluding carboxylic acids is 2. The molecule has 0 bridgehead atoms. The van der Waals surface area contributed by atoms with Crippen LogP contribution < -0.4 is 16.4 Å². The third-order valence-corrected chi connectivity index (χ3v) is 3.20. The Labute approximate surface area is 142 Å². The molecule has 24 heavy (non-hydrogen) atoms. The van der Waals surface area contributed by atoms with Gasteiger partial charge in [0.2, 0.25) is 11.8 Å². The van der Waals surface area contributed by atoms with Crippen LogP contribution in [0.5, 0.6) is 0 Å².